The van der Waals surface area contributed by atoms with Gasteiger partial charge in [0.05, 0.1) is 30.3 Å². The number of ketones is 1. The number of hydrogen-bond acceptors (Lipinski definition) is 5. The highest BCUT2D eigenvalue weighted by Crippen LogP contribution is 2.40. The minimum Gasteiger partial charge on any atom is -0.493 e. The Morgan fingerprint density at radius 1 is 1.21 bits per heavy atom. The van der Waals surface area contributed by atoms with Crippen LogP contribution in [-0.4, -0.2) is 35.9 Å². The highest BCUT2D eigenvalue weighted by molar-refractivity contribution is 6.07. The molecule has 0 fully saturated rings. The molecule has 148 valence electrons. The number of carbonyl (C=O) groups excluding carboxylic acids is 1. The van der Waals surface area contributed by atoms with Gasteiger partial charge in [0.1, 0.15) is 19.0 Å². The van der Waals surface area contributed by atoms with E-state index in [-0.39, 0.29) is 11.6 Å². The molecule has 0 bridgehead atoms. The summed E-state index contributed by atoms with van der Waals surface area (Å²) < 4.78 is 31.3. The minimum absolute atomic E-state index is 0.190. The molecule has 0 N–H and O–H groups in total. The first-order valence-corrected chi connectivity index (χ1v) is 9.07. The molecule has 6 nitrogen and oxygen atoms in total. The number of rotatable bonds is 5. The lowest BCUT2D eigenvalue weighted by Crippen LogP contribution is -2.16. The van der Waals surface area contributed by atoms with E-state index in [1.807, 2.05) is 0 Å². The van der Waals surface area contributed by atoms with Crippen molar-refractivity contribution >= 4 is 11.9 Å². The zero-order valence-electron chi connectivity index (χ0n) is 16.0. The van der Waals surface area contributed by atoms with Crippen LogP contribution in [0.25, 0.3) is 11.8 Å². The van der Waals surface area contributed by atoms with Crippen molar-refractivity contribution in [1.82, 2.24) is 9.78 Å². The van der Waals surface area contributed by atoms with Crippen LogP contribution in [0.3, 0.4) is 0 Å². The van der Waals surface area contributed by atoms with Gasteiger partial charge in [0.2, 0.25) is 5.75 Å². The third-order valence-corrected chi connectivity index (χ3v) is 4.62. The monoisotopic (exact) mass is 394 g/mol. The zero-order valence-corrected chi connectivity index (χ0v) is 16.0. The number of benzene rings is 2. The van der Waals surface area contributed by atoms with Gasteiger partial charge in [0.15, 0.2) is 17.3 Å². The van der Waals surface area contributed by atoms with E-state index in [1.165, 1.54) is 24.4 Å². The van der Waals surface area contributed by atoms with Crippen LogP contribution in [0.4, 0.5) is 4.39 Å². The Labute approximate surface area is 167 Å². The average Bonchev–Trinajstić information content (AvgIpc) is 3.13. The van der Waals surface area contributed by atoms with E-state index in [2.05, 4.69) is 5.10 Å². The second-order valence-corrected chi connectivity index (χ2v) is 6.48. The number of aromatic nitrogens is 2. The third-order valence-electron chi connectivity index (χ3n) is 4.62. The maximum atomic E-state index is 13.1. The van der Waals surface area contributed by atoms with Gasteiger partial charge in [0.25, 0.3) is 0 Å². The normalized spacial score (nSPS) is 12.9. The number of hydrogen-bond donors (Lipinski definition) is 0. The fourth-order valence-electron chi connectivity index (χ4n) is 3.15. The first-order valence-electron chi connectivity index (χ1n) is 9.07. The van der Waals surface area contributed by atoms with Crippen molar-refractivity contribution in [2.45, 2.75) is 6.92 Å². The quantitative estimate of drug-likeness (QED) is 0.484. The van der Waals surface area contributed by atoms with Crippen LogP contribution >= 0.6 is 0 Å². The second kappa shape index (κ2) is 7.79. The Kier molecular flexibility index (Phi) is 5.03. The summed E-state index contributed by atoms with van der Waals surface area (Å²) in [7, 11) is 1.55. The summed E-state index contributed by atoms with van der Waals surface area (Å²) in [4.78, 5) is 12.7. The number of halogens is 1. The zero-order chi connectivity index (χ0) is 20.4. The highest BCUT2D eigenvalue weighted by atomic mass is 19.1. The molecule has 0 radical (unpaired) electrons. The lowest BCUT2D eigenvalue weighted by molar-refractivity contribution is 0.104. The Bertz CT molecular complexity index is 1070. The predicted octanol–water partition coefficient (Wildman–Crippen LogP) is 4.00. The van der Waals surface area contributed by atoms with E-state index in [0.717, 1.165) is 5.56 Å². The van der Waals surface area contributed by atoms with E-state index in [4.69, 9.17) is 14.2 Å². The van der Waals surface area contributed by atoms with Crippen molar-refractivity contribution in [1.29, 1.82) is 0 Å². The summed E-state index contributed by atoms with van der Waals surface area (Å²) in [6.07, 6.45) is 4.68. The smallest absolute Gasteiger partial charge is 0.203 e. The third kappa shape index (κ3) is 3.71. The molecule has 0 unspecified atom stereocenters. The summed E-state index contributed by atoms with van der Waals surface area (Å²) >= 11 is 0. The minimum atomic E-state index is -0.326. The van der Waals surface area contributed by atoms with Gasteiger partial charge >= 0.3 is 0 Å². The topological polar surface area (TPSA) is 62.6 Å². The molecular formula is C22H19FN2O4. The molecule has 0 amide bonds. The number of nitrogens with zero attached hydrogens (tertiary/aromatic N) is 2. The number of fused-ring (bicyclic) bond motifs is 1. The van der Waals surface area contributed by atoms with Crippen LogP contribution in [0.1, 0.15) is 21.6 Å². The van der Waals surface area contributed by atoms with Crippen LogP contribution in [0.15, 0.2) is 48.7 Å². The van der Waals surface area contributed by atoms with Gasteiger partial charge in [-0.15, -0.1) is 0 Å². The molecule has 1 aliphatic heterocycles. The standard InChI is InChI=1S/C22H19FN2O4/c1-14-18(13-24-25(14)17-6-4-16(23)5-7-17)19(26)8-3-15-11-20(27-2)22-21(12-15)28-9-10-29-22/h3-8,11-13H,9-10H2,1-2H3. The van der Waals surface area contributed by atoms with Crippen LogP contribution in [0.5, 0.6) is 17.2 Å². The fraction of sp³-hybridized carbons (Fsp3) is 0.182. The van der Waals surface area contributed by atoms with E-state index in [0.29, 0.717) is 47.4 Å². The Morgan fingerprint density at radius 2 is 1.97 bits per heavy atom. The fourth-order valence-corrected chi connectivity index (χ4v) is 3.15. The van der Waals surface area contributed by atoms with E-state index >= 15 is 0 Å². The van der Waals surface area contributed by atoms with Gasteiger partial charge in [0, 0.05) is 0 Å². The van der Waals surface area contributed by atoms with Gasteiger partial charge < -0.3 is 14.2 Å². The van der Waals surface area contributed by atoms with Gasteiger partial charge in [-0.25, -0.2) is 9.07 Å². The molecule has 0 spiro atoms. The van der Waals surface area contributed by atoms with Gasteiger partial charge in [-0.05, 0) is 55.0 Å². The number of carbonyl (C=O) groups is 1. The highest BCUT2D eigenvalue weighted by Gasteiger charge is 2.18. The van der Waals surface area contributed by atoms with E-state index in [1.54, 1.807) is 49.1 Å². The molecule has 0 atom stereocenters. The average molecular weight is 394 g/mol. The van der Waals surface area contributed by atoms with Crippen molar-refractivity contribution < 1.29 is 23.4 Å². The van der Waals surface area contributed by atoms with Crippen LogP contribution in [-0.2, 0) is 0 Å². The van der Waals surface area contributed by atoms with Gasteiger partial charge in [-0.1, -0.05) is 6.08 Å². The molecule has 2 heterocycles. The molecule has 7 heteroatoms. The second-order valence-electron chi connectivity index (χ2n) is 6.48. The Hall–Kier alpha value is -3.61. The molecule has 0 saturated heterocycles. The maximum absolute atomic E-state index is 13.1. The number of allylic oxidation sites excluding steroid dienone is 1. The first-order chi connectivity index (χ1) is 14.1. The molecule has 3 aromatic rings. The van der Waals surface area contributed by atoms with Crippen LogP contribution in [0.2, 0.25) is 0 Å². The lowest BCUT2D eigenvalue weighted by Gasteiger charge is -2.20. The molecule has 1 aromatic heterocycles. The van der Waals surface area contributed by atoms with Gasteiger partial charge in [-0.3, -0.25) is 4.79 Å². The van der Waals surface area contributed by atoms with E-state index in [9.17, 15) is 9.18 Å². The molecule has 29 heavy (non-hydrogen) atoms. The largest absolute Gasteiger partial charge is 0.493 e. The van der Waals surface area contributed by atoms with E-state index < -0.39 is 0 Å². The van der Waals surface area contributed by atoms with Crippen molar-refractivity contribution in [2.24, 2.45) is 0 Å². The summed E-state index contributed by atoms with van der Waals surface area (Å²) in [5.41, 5.74) is 2.58. The summed E-state index contributed by atoms with van der Waals surface area (Å²) in [6, 6.07) is 9.52. The predicted molar refractivity (Wildman–Crippen MR) is 106 cm³/mol. The molecule has 0 saturated carbocycles. The lowest BCUT2D eigenvalue weighted by atomic mass is 10.1. The Balaban J connectivity index is 1.58. The maximum Gasteiger partial charge on any atom is 0.203 e. The molecular weight excluding hydrogens is 375 g/mol. The summed E-state index contributed by atoms with van der Waals surface area (Å²) in [5, 5.41) is 4.26. The first kappa shape index (κ1) is 18.7. The van der Waals surface area contributed by atoms with Crippen LogP contribution < -0.4 is 14.2 Å². The number of ether oxygens (including phenoxy) is 3. The summed E-state index contributed by atoms with van der Waals surface area (Å²) in [5.74, 6) is 1.19. The molecule has 1 aliphatic rings. The molecule has 0 aliphatic carbocycles. The van der Waals surface area contributed by atoms with Crippen molar-refractivity contribution in [3.05, 3.63) is 71.3 Å². The van der Waals surface area contributed by atoms with Crippen molar-refractivity contribution in [2.75, 3.05) is 20.3 Å². The summed E-state index contributed by atoms with van der Waals surface area (Å²) in [6.45, 7) is 2.73. The Morgan fingerprint density at radius 3 is 2.72 bits per heavy atom. The van der Waals surface area contributed by atoms with Gasteiger partial charge in [-0.2, -0.15) is 5.10 Å². The number of methoxy groups -OCH3 is 1. The molecule has 4 rings (SSSR count). The molecule has 2 aromatic carbocycles. The van der Waals surface area contributed by atoms with Crippen molar-refractivity contribution in [3.63, 3.8) is 0 Å². The van der Waals surface area contributed by atoms with Crippen LogP contribution in [0, 0.1) is 12.7 Å². The van der Waals surface area contributed by atoms with Crippen molar-refractivity contribution in [3.8, 4) is 22.9 Å². The SMILES string of the molecule is COc1cc(C=CC(=O)c2cnn(-c3ccc(F)cc3)c2C)cc2c1OCCO2.